The topological polar surface area (TPSA) is 35.5 Å². The molecule has 1 fully saturated rings. The van der Waals surface area contributed by atoms with Gasteiger partial charge in [0.15, 0.2) is 0 Å². The summed E-state index contributed by atoms with van der Waals surface area (Å²) in [6.45, 7) is 5.61. The number of rotatable bonds is 5. The fourth-order valence-electron chi connectivity index (χ4n) is 1.68. The van der Waals surface area contributed by atoms with E-state index in [1.807, 2.05) is 25.8 Å². The lowest BCUT2D eigenvalue weighted by Gasteiger charge is -2.22. The van der Waals surface area contributed by atoms with Crippen LogP contribution in [0.2, 0.25) is 0 Å². The number of hydrogen-bond acceptors (Lipinski definition) is 3. The number of halogens is 2. The molecule has 1 aliphatic heterocycles. The van der Waals surface area contributed by atoms with Crippen molar-refractivity contribution in [3.63, 3.8) is 0 Å². The molecule has 5 heteroatoms. The third-order valence-corrected chi connectivity index (χ3v) is 2.64. The minimum atomic E-state index is -2.56. The molecule has 1 atom stereocenters. The van der Waals surface area contributed by atoms with Crippen LogP contribution in [0.15, 0.2) is 0 Å². The molecule has 0 saturated carbocycles. The van der Waals surface area contributed by atoms with Crippen molar-refractivity contribution in [3.8, 4) is 0 Å². The molecule has 2 N–H and O–H groups in total. The molecule has 0 aromatic carbocycles. The Morgan fingerprint density at radius 2 is 2.00 bits per heavy atom. The Labute approximate surface area is 96.8 Å². The van der Waals surface area contributed by atoms with E-state index in [0.29, 0.717) is 26.1 Å². The summed E-state index contributed by atoms with van der Waals surface area (Å²) < 4.78 is 26.2. The molecule has 1 rings (SSSR count). The number of likely N-dealkylation sites (N-methyl/N-ethyl adjacent to an activating group) is 1. The van der Waals surface area contributed by atoms with Crippen LogP contribution in [-0.2, 0) is 0 Å². The van der Waals surface area contributed by atoms with Crippen LogP contribution in [0.25, 0.3) is 0 Å². The maximum atomic E-state index is 13.1. The van der Waals surface area contributed by atoms with Crippen molar-refractivity contribution in [2.45, 2.75) is 38.7 Å². The Kier molecular flexibility index (Phi) is 7.80. The fourth-order valence-corrected chi connectivity index (χ4v) is 1.68. The van der Waals surface area contributed by atoms with Crippen LogP contribution in [0, 0.1) is 0 Å². The number of hydrogen-bond donors (Lipinski definition) is 2. The first kappa shape index (κ1) is 15.7. The number of alkyl halides is 2. The molecule has 0 bridgehead atoms. The van der Waals surface area contributed by atoms with Crippen LogP contribution in [-0.4, -0.2) is 55.3 Å². The lowest BCUT2D eigenvalue weighted by molar-refractivity contribution is -0.0152. The van der Waals surface area contributed by atoms with Gasteiger partial charge in [0.25, 0.3) is 5.92 Å². The maximum Gasteiger partial charge on any atom is 0.264 e. The zero-order chi connectivity index (χ0) is 12.6. The molecule has 3 nitrogen and oxygen atoms in total. The first-order valence-electron chi connectivity index (χ1n) is 5.97. The van der Waals surface area contributed by atoms with E-state index >= 15 is 0 Å². The Hall–Kier alpha value is -0.260. The van der Waals surface area contributed by atoms with E-state index in [9.17, 15) is 8.78 Å². The first-order valence-corrected chi connectivity index (χ1v) is 5.97. The third-order valence-electron chi connectivity index (χ3n) is 2.64. The van der Waals surface area contributed by atoms with Gasteiger partial charge in [0.05, 0.1) is 12.6 Å². The third kappa shape index (κ3) is 5.18. The molecule has 98 valence electrons. The SMILES string of the molecule is CC.CN(CCO)CCC1NCCC1(F)F. The van der Waals surface area contributed by atoms with Crippen LogP contribution in [0.4, 0.5) is 8.78 Å². The average Bonchev–Trinajstić information content (AvgIpc) is 2.58. The summed E-state index contributed by atoms with van der Waals surface area (Å²) in [5, 5.41) is 11.4. The fraction of sp³-hybridized carbons (Fsp3) is 1.00. The van der Waals surface area contributed by atoms with Gasteiger partial charge in [0.2, 0.25) is 0 Å². The lowest BCUT2D eigenvalue weighted by atomic mass is 10.1. The molecule has 0 spiro atoms. The Balaban J connectivity index is 0.00000106. The van der Waals surface area contributed by atoms with Crippen molar-refractivity contribution in [2.75, 3.05) is 33.3 Å². The minimum absolute atomic E-state index is 0.0542. The predicted molar refractivity (Wildman–Crippen MR) is 61.9 cm³/mol. The summed E-state index contributed by atoms with van der Waals surface area (Å²) in [6.07, 6.45) is 0.380. The van der Waals surface area contributed by atoms with Gasteiger partial charge in [-0.1, -0.05) is 13.8 Å². The molecule has 1 aliphatic rings. The molecular weight excluding hydrogens is 214 g/mol. The summed E-state index contributed by atoms with van der Waals surface area (Å²) in [6, 6.07) is -0.691. The van der Waals surface area contributed by atoms with Gasteiger partial charge >= 0.3 is 0 Å². The molecule has 0 aromatic rings. The Bertz CT molecular complexity index is 179. The van der Waals surface area contributed by atoms with Crippen molar-refractivity contribution in [2.24, 2.45) is 0 Å². The van der Waals surface area contributed by atoms with Gasteiger partial charge in [-0.05, 0) is 20.0 Å². The molecule has 16 heavy (non-hydrogen) atoms. The summed E-state index contributed by atoms with van der Waals surface area (Å²) in [7, 11) is 1.82. The summed E-state index contributed by atoms with van der Waals surface area (Å²) in [5.74, 6) is -2.56. The highest BCUT2D eigenvalue weighted by molar-refractivity contribution is 4.90. The second kappa shape index (κ2) is 7.92. The van der Waals surface area contributed by atoms with Crippen LogP contribution in [0.5, 0.6) is 0 Å². The van der Waals surface area contributed by atoms with Gasteiger partial charge in [-0.15, -0.1) is 0 Å². The minimum Gasteiger partial charge on any atom is -0.395 e. The highest BCUT2D eigenvalue weighted by Crippen LogP contribution is 2.29. The van der Waals surface area contributed by atoms with Crippen LogP contribution < -0.4 is 5.32 Å². The zero-order valence-electron chi connectivity index (χ0n) is 10.5. The Morgan fingerprint density at radius 3 is 2.44 bits per heavy atom. The lowest BCUT2D eigenvalue weighted by Crippen LogP contribution is -2.38. The highest BCUT2D eigenvalue weighted by atomic mass is 19.3. The zero-order valence-corrected chi connectivity index (χ0v) is 10.5. The second-order valence-corrected chi connectivity index (χ2v) is 3.83. The molecule has 0 aliphatic carbocycles. The summed E-state index contributed by atoms with van der Waals surface area (Å²) >= 11 is 0. The normalized spacial score (nSPS) is 23.1. The van der Waals surface area contributed by atoms with Crippen LogP contribution >= 0.6 is 0 Å². The highest BCUT2D eigenvalue weighted by Gasteiger charge is 2.43. The van der Waals surface area contributed by atoms with E-state index in [0.717, 1.165) is 0 Å². The molecule has 1 saturated heterocycles. The molecule has 1 unspecified atom stereocenters. The number of aliphatic hydroxyl groups excluding tert-OH is 1. The molecule has 0 amide bonds. The van der Waals surface area contributed by atoms with Crippen molar-refractivity contribution in [1.29, 1.82) is 0 Å². The van der Waals surface area contributed by atoms with E-state index in [-0.39, 0.29) is 13.0 Å². The second-order valence-electron chi connectivity index (χ2n) is 3.83. The van der Waals surface area contributed by atoms with E-state index in [1.165, 1.54) is 0 Å². The summed E-state index contributed by atoms with van der Waals surface area (Å²) in [5.41, 5.74) is 0. The van der Waals surface area contributed by atoms with E-state index < -0.39 is 12.0 Å². The van der Waals surface area contributed by atoms with E-state index in [2.05, 4.69) is 5.32 Å². The number of nitrogens with zero attached hydrogens (tertiary/aromatic N) is 1. The standard InChI is InChI=1S/C9H18F2N2O.C2H6/c1-13(6-7-14)5-2-8-9(10,11)3-4-12-8;1-2/h8,12,14H,2-7H2,1H3;1-2H3. The van der Waals surface area contributed by atoms with E-state index in [4.69, 9.17) is 5.11 Å². The Morgan fingerprint density at radius 1 is 1.38 bits per heavy atom. The van der Waals surface area contributed by atoms with Gasteiger partial charge in [-0.3, -0.25) is 0 Å². The molecule has 0 radical (unpaired) electrons. The molecule has 1 heterocycles. The smallest absolute Gasteiger partial charge is 0.264 e. The van der Waals surface area contributed by atoms with Gasteiger partial charge in [-0.25, -0.2) is 8.78 Å². The molecule has 0 aromatic heterocycles. The van der Waals surface area contributed by atoms with Crippen LogP contribution in [0.1, 0.15) is 26.7 Å². The van der Waals surface area contributed by atoms with Gasteiger partial charge in [0, 0.05) is 19.5 Å². The largest absolute Gasteiger partial charge is 0.395 e. The van der Waals surface area contributed by atoms with Crippen molar-refractivity contribution < 1.29 is 13.9 Å². The monoisotopic (exact) mass is 238 g/mol. The summed E-state index contributed by atoms with van der Waals surface area (Å²) in [4.78, 5) is 1.86. The number of aliphatic hydroxyl groups is 1. The quantitative estimate of drug-likeness (QED) is 0.758. The number of nitrogens with one attached hydrogen (secondary N) is 1. The van der Waals surface area contributed by atoms with Gasteiger partial charge in [0.1, 0.15) is 0 Å². The van der Waals surface area contributed by atoms with Gasteiger partial charge < -0.3 is 15.3 Å². The first-order chi connectivity index (χ1) is 7.56. The molecular formula is C11H24F2N2O. The predicted octanol–water partition coefficient (Wildman–Crippen LogP) is 1.32. The van der Waals surface area contributed by atoms with Crippen molar-refractivity contribution >= 4 is 0 Å². The van der Waals surface area contributed by atoms with Gasteiger partial charge in [-0.2, -0.15) is 0 Å². The van der Waals surface area contributed by atoms with Crippen molar-refractivity contribution in [3.05, 3.63) is 0 Å². The van der Waals surface area contributed by atoms with E-state index in [1.54, 1.807) is 0 Å². The average molecular weight is 238 g/mol. The van der Waals surface area contributed by atoms with Crippen molar-refractivity contribution in [1.82, 2.24) is 10.2 Å². The van der Waals surface area contributed by atoms with Crippen LogP contribution in [0.3, 0.4) is 0 Å². The maximum absolute atomic E-state index is 13.1.